The lowest BCUT2D eigenvalue weighted by Gasteiger charge is -2.22. The Morgan fingerprint density at radius 2 is 2.00 bits per heavy atom. The number of hydrogen-bond acceptors (Lipinski definition) is 4. The SMILES string of the molecule is CS(=O)(=O)c1ccc(SCC2CCCCN2)cc1. The summed E-state index contributed by atoms with van der Waals surface area (Å²) in [5.41, 5.74) is 0. The van der Waals surface area contributed by atoms with Crippen molar-refractivity contribution >= 4 is 21.6 Å². The van der Waals surface area contributed by atoms with Crippen LogP contribution >= 0.6 is 11.8 Å². The van der Waals surface area contributed by atoms with Crippen molar-refractivity contribution in [2.75, 3.05) is 18.6 Å². The van der Waals surface area contributed by atoms with E-state index < -0.39 is 9.84 Å². The van der Waals surface area contributed by atoms with Gasteiger partial charge >= 0.3 is 0 Å². The lowest BCUT2D eigenvalue weighted by Crippen LogP contribution is -2.35. The van der Waals surface area contributed by atoms with E-state index in [0.29, 0.717) is 10.9 Å². The molecular formula is C13H19NO2S2. The Morgan fingerprint density at radius 1 is 1.28 bits per heavy atom. The van der Waals surface area contributed by atoms with Crippen LogP contribution in [0, 0.1) is 0 Å². The standard InChI is InChI=1S/C13H19NO2S2/c1-18(15,16)13-7-5-12(6-8-13)17-10-11-4-2-3-9-14-11/h5-8,11,14H,2-4,9-10H2,1H3. The van der Waals surface area contributed by atoms with Crippen LogP contribution < -0.4 is 5.32 Å². The summed E-state index contributed by atoms with van der Waals surface area (Å²) in [6.07, 6.45) is 5.07. The smallest absolute Gasteiger partial charge is 0.175 e. The summed E-state index contributed by atoms with van der Waals surface area (Å²) in [6.45, 7) is 1.12. The third-order valence-corrected chi connectivity index (χ3v) is 5.42. The average Bonchev–Trinajstić information content (AvgIpc) is 2.37. The summed E-state index contributed by atoms with van der Waals surface area (Å²) in [6, 6.07) is 7.75. The molecule has 1 saturated heterocycles. The highest BCUT2D eigenvalue weighted by atomic mass is 32.2. The van der Waals surface area contributed by atoms with E-state index in [0.717, 1.165) is 17.2 Å². The first kappa shape index (κ1) is 13.9. The number of benzene rings is 1. The van der Waals surface area contributed by atoms with Crippen LogP contribution in [0.5, 0.6) is 0 Å². The quantitative estimate of drug-likeness (QED) is 0.863. The van der Waals surface area contributed by atoms with Crippen molar-refractivity contribution in [3.05, 3.63) is 24.3 Å². The molecule has 0 spiro atoms. The molecule has 100 valence electrons. The van der Waals surface area contributed by atoms with Gasteiger partial charge in [-0.1, -0.05) is 6.42 Å². The van der Waals surface area contributed by atoms with Gasteiger partial charge in [0.05, 0.1) is 4.90 Å². The molecule has 0 aliphatic carbocycles. The zero-order chi connectivity index (χ0) is 13.0. The summed E-state index contributed by atoms with van der Waals surface area (Å²) >= 11 is 1.79. The van der Waals surface area contributed by atoms with Gasteiger partial charge in [-0.3, -0.25) is 0 Å². The Hall–Kier alpha value is -0.520. The molecule has 0 amide bonds. The minimum atomic E-state index is -3.08. The summed E-state index contributed by atoms with van der Waals surface area (Å²) in [5.74, 6) is 1.05. The number of sulfone groups is 1. The van der Waals surface area contributed by atoms with E-state index in [2.05, 4.69) is 5.32 Å². The number of nitrogens with one attached hydrogen (secondary N) is 1. The molecule has 2 rings (SSSR count). The number of hydrogen-bond donors (Lipinski definition) is 1. The number of thioether (sulfide) groups is 1. The lowest BCUT2D eigenvalue weighted by atomic mass is 10.1. The van der Waals surface area contributed by atoms with Gasteiger partial charge in [0.15, 0.2) is 9.84 Å². The zero-order valence-electron chi connectivity index (χ0n) is 10.6. The first-order valence-corrected chi connectivity index (χ1v) is 9.10. The van der Waals surface area contributed by atoms with Crippen molar-refractivity contribution in [3.63, 3.8) is 0 Å². The fourth-order valence-corrected chi connectivity index (χ4v) is 3.68. The molecule has 0 bridgehead atoms. The van der Waals surface area contributed by atoms with E-state index in [4.69, 9.17) is 0 Å². The molecule has 1 N–H and O–H groups in total. The normalized spacial score (nSPS) is 20.8. The fraction of sp³-hybridized carbons (Fsp3) is 0.538. The largest absolute Gasteiger partial charge is 0.313 e. The van der Waals surface area contributed by atoms with Crippen molar-refractivity contribution in [2.45, 2.75) is 35.1 Å². The van der Waals surface area contributed by atoms with Crippen molar-refractivity contribution in [2.24, 2.45) is 0 Å². The second-order valence-electron chi connectivity index (χ2n) is 4.70. The first-order chi connectivity index (χ1) is 8.55. The van der Waals surface area contributed by atoms with E-state index in [-0.39, 0.29) is 0 Å². The van der Waals surface area contributed by atoms with Crippen molar-refractivity contribution < 1.29 is 8.42 Å². The monoisotopic (exact) mass is 285 g/mol. The molecule has 1 aliphatic heterocycles. The van der Waals surface area contributed by atoms with E-state index in [1.54, 1.807) is 23.9 Å². The van der Waals surface area contributed by atoms with Crippen LogP contribution in [0.1, 0.15) is 19.3 Å². The van der Waals surface area contributed by atoms with Crippen molar-refractivity contribution in [1.29, 1.82) is 0 Å². The summed E-state index contributed by atoms with van der Waals surface area (Å²) in [7, 11) is -3.08. The van der Waals surface area contributed by atoms with Crippen LogP contribution in [0.4, 0.5) is 0 Å². The maximum Gasteiger partial charge on any atom is 0.175 e. The first-order valence-electron chi connectivity index (χ1n) is 6.22. The molecule has 0 aromatic heterocycles. The molecular weight excluding hydrogens is 266 g/mol. The highest BCUT2D eigenvalue weighted by Crippen LogP contribution is 2.22. The molecule has 18 heavy (non-hydrogen) atoms. The Bertz CT molecular complexity index is 476. The Labute approximate surface area is 113 Å². The van der Waals surface area contributed by atoms with Crippen molar-refractivity contribution in [1.82, 2.24) is 5.32 Å². The molecule has 1 heterocycles. The molecule has 1 aromatic carbocycles. The predicted molar refractivity (Wildman–Crippen MR) is 75.9 cm³/mol. The molecule has 5 heteroatoms. The Morgan fingerprint density at radius 3 is 2.56 bits per heavy atom. The second-order valence-corrected chi connectivity index (χ2v) is 7.81. The summed E-state index contributed by atoms with van der Waals surface area (Å²) < 4.78 is 22.7. The predicted octanol–water partition coefficient (Wildman–Crippen LogP) is 2.32. The van der Waals surface area contributed by atoms with E-state index in [1.807, 2.05) is 12.1 Å². The molecule has 3 nitrogen and oxygen atoms in total. The van der Waals surface area contributed by atoms with Gasteiger partial charge in [0.2, 0.25) is 0 Å². The van der Waals surface area contributed by atoms with Gasteiger partial charge in [0, 0.05) is 22.9 Å². The minimum Gasteiger partial charge on any atom is -0.313 e. The number of rotatable bonds is 4. The average molecular weight is 285 g/mol. The third-order valence-electron chi connectivity index (χ3n) is 3.12. The van der Waals surface area contributed by atoms with Crippen LogP contribution in [0.15, 0.2) is 34.1 Å². The molecule has 1 unspecified atom stereocenters. The molecule has 1 aliphatic rings. The van der Waals surface area contributed by atoms with E-state index >= 15 is 0 Å². The van der Waals surface area contributed by atoms with Gasteiger partial charge in [-0.15, -0.1) is 11.8 Å². The fourth-order valence-electron chi connectivity index (χ4n) is 2.05. The molecule has 1 fully saturated rings. The van der Waals surface area contributed by atoms with Gasteiger partial charge in [0.25, 0.3) is 0 Å². The van der Waals surface area contributed by atoms with Gasteiger partial charge < -0.3 is 5.32 Å². The second kappa shape index (κ2) is 6.08. The molecule has 1 atom stereocenters. The maximum absolute atomic E-state index is 11.3. The summed E-state index contributed by atoms with van der Waals surface area (Å²) in [4.78, 5) is 1.53. The highest BCUT2D eigenvalue weighted by Gasteiger charge is 2.12. The van der Waals surface area contributed by atoms with Crippen LogP contribution in [0.25, 0.3) is 0 Å². The topological polar surface area (TPSA) is 46.2 Å². The van der Waals surface area contributed by atoms with Gasteiger partial charge in [0.1, 0.15) is 0 Å². The minimum absolute atomic E-state index is 0.391. The van der Waals surface area contributed by atoms with Crippen LogP contribution in [-0.4, -0.2) is 33.0 Å². The van der Waals surface area contributed by atoms with E-state index in [9.17, 15) is 8.42 Å². The van der Waals surface area contributed by atoms with E-state index in [1.165, 1.54) is 25.5 Å². The van der Waals surface area contributed by atoms with Gasteiger partial charge in [-0.2, -0.15) is 0 Å². The molecule has 0 saturated carbocycles. The third kappa shape index (κ3) is 4.00. The van der Waals surface area contributed by atoms with Gasteiger partial charge in [-0.25, -0.2) is 8.42 Å². The zero-order valence-corrected chi connectivity index (χ0v) is 12.2. The van der Waals surface area contributed by atoms with Crippen LogP contribution in [0.2, 0.25) is 0 Å². The molecule has 0 radical (unpaired) electrons. The van der Waals surface area contributed by atoms with Crippen LogP contribution in [0.3, 0.4) is 0 Å². The Kier molecular flexibility index (Phi) is 4.70. The number of piperidine rings is 1. The summed E-state index contributed by atoms with van der Waals surface area (Å²) in [5, 5.41) is 3.51. The van der Waals surface area contributed by atoms with Crippen LogP contribution in [-0.2, 0) is 9.84 Å². The van der Waals surface area contributed by atoms with Gasteiger partial charge in [-0.05, 0) is 43.7 Å². The Balaban J connectivity index is 1.90. The highest BCUT2D eigenvalue weighted by molar-refractivity contribution is 7.99. The van der Waals surface area contributed by atoms with Crippen molar-refractivity contribution in [3.8, 4) is 0 Å². The molecule has 1 aromatic rings. The lowest BCUT2D eigenvalue weighted by molar-refractivity contribution is 0.430. The maximum atomic E-state index is 11.3.